The van der Waals surface area contributed by atoms with Gasteiger partial charge in [0.05, 0.1) is 16.7 Å². The van der Waals surface area contributed by atoms with Gasteiger partial charge in [0.1, 0.15) is 13.2 Å². The highest BCUT2D eigenvalue weighted by Crippen LogP contribution is 2.20. The van der Waals surface area contributed by atoms with Crippen LogP contribution in [0.5, 0.6) is 0 Å². The van der Waals surface area contributed by atoms with E-state index in [9.17, 15) is 14.4 Å². The van der Waals surface area contributed by atoms with E-state index < -0.39 is 5.97 Å². The smallest absolute Gasteiger partial charge is 0.326 e. The third-order valence-corrected chi connectivity index (χ3v) is 5.19. The van der Waals surface area contributed by atoms with Crippen LogP contribution < -0.4 is 10.7 Å². The fourth-order valence-electron chi connectivity index (χ4n) is 3.16. The van der Waals surface area contributed by atoms with Gasteiger partial charge in [-0.3, -0.25) is 14.4 Å². The van der Waals surface area contributed by atoms with E-state index in [2.05, 4.69) is 10.3 Å². The monoisotopic (exact) mass is 407 g/mol. The van der Waals surface area contributed by atoms with Gasteiger partial charge >= 0.3 is 5.97 Å². The zero-order valence-electron chi connectivity index (χ0n) is 15.5. The van der Waals surface area contributed by atoms with Crippen molar-refractivity contribution in [3.8, 4) is 0 Å². The molecule has 8 heteroatoms. The molecule has 0 saturated heterocycles. The average Bonchev–Trinajstić information content (AvgIpc) is 3.16. The summed E-state index contributed by atoms with van der Waals surface area (Å²) >= 11 is 1.26. The topological polar surface area (TPSA) is 90.3 Å². The summed E-state index contributed by atoms with van der Waals surface area (Å²) in [6.45, 7) is 1.37. The van der Waals surface area contributed by atoms with Crippen LogP contribution in [0.15, 0.2) is 58.7 Å². The fourth-order valence-corrected chi connectivity index (χ4v) is 3.90. The molecule has 146 valence electrons. The van der Waals surface area contributed by atoms with Crippen LogP contribution in [-0.4, -0.2) is 21.4 Å². The van der Waals surface area contributed by atoms with Gasteiger partial charge in [-0.2, -0.15) is 0 Å². The van der Waals surface area contributed by atoms with Gasteiger partial charge in [-0.05, 0) is 24.3 Å². The normalized spacial score (nSPS) is 10.9. The molecule has 0 saturated carbocycles. The van der Waals surface area contributed by atoms with Gasteiger partial charge in [-0.15, -0.1) is 11.3 Å². The van der Waals surface area contributed by atoms with Gasteiger partial charge in [0, 0.05) is 23.1 Å². The molecule has 7 nitrogen and oxygen atoms in total. The number of carbonyl (C=O) groups excluding carboxylic acids is 2. The molecule has 0 unspecified atom stereocenters. The van der Waals surface area contributed by atoms with E-state index in [4.69, 9.17) is 4.74 Å². The minimum atomic E-state index is -0.446. The van der Waals surface area contributed by atoms with Crippen molar-refractivity contribution in [2.75, 3.05) is 5.32 Å². The van der Waals surface area contributed by atoms with E-state index in [-0.39, 0.29) is 24.5 Å². The Bertz CT molecular complexity index is 1230. The Morgan fingerprint density at radius 2 is 1.69 bits per heavy atom. The molecule has 0 atom stereocenters. The second-order valence-electron chi connectivity index (χ2n) is 6.44. The number of rotatable bonds is 5. The van der Waals surface area contributed by atoms with Crippen LogP contribution in [0.3, 0.4) is 0 Å². The molecule has 1 N–H and O–H groups in total. The maximum atomic E-state index is 12.7. The number of thiazole rings is 1. The summed E-state index contributed by atoms with van der Waals surface area (Å²) in [7, 11) is 0. The third-order valence-electron chi connectivity index (χ3n) is 4.38. The van der Waals surface area contributed by atoms with Crippen LogP contribution in [0.4, 0.5) is 5.13 Å². The first kappa shape index (κ1) is 18.8. The van der Waals surface area contributed by atoms with Gasteiger partial charge in [0.2, 0.25) is 5.91 Å². The molecule has 0 spiro atoms. The number of anilines is 1. The second-order valence-corrected chi connectivity index (χ2v) is 7.29. The Labute approximate surface area is 169 Å². The number of para-hydroxylation sites is 2. The average molecular weight is 407 g/mol. The molecule has 2 aromatic heterocycles. The number of aromatic nitrogens is 2. The van der Waals surface area contributed by atoms with Crippen molar-refractivity contribution in [3.63, 3.8) is 0 Å². The number of hydrogen-bond acceptors (Lipinski definition) is 6. The van der Waals surface area contributed by atoms with Gasteiger partial charge < -0.3 is 14.6 Å². The first-order valence-electron chi connectivity index (χ1n) is 8.91. The highest BCUT2D eigenvalue weighted by atomic mass is 32.1. The Kier molecular flexibility index (Phi) is 5.09. The second kappa shape index (κ2) is 7.84. The van der Waals surface area contributed by atoms with Gasteiger partial charge in [0.15, 0.2) is 10.6 Å². The molecule has 0 aliphatic carbocycles. The zero-order valence-corrected chi connectivity index (χ0v) is 16.4. The molecule has 0 fully saturated rings. The third kappa shape index (κ3) is 3.88. The Hall–Kier alpha value is -3.52. The molecule has 1 amide bonds. The van der Waals surface area contributed by atoms with Crippen molar-refractivity contribution in [1.29, 1.82) is 0 Å². The number of esters is 1. The van der Waals surface area contributed by atoms with Crippen molar-refractivity contribution < 1.29 is 14.3 Å². The molecule has 0 aliphatic heterocycles. The number of pyridine rings is 1. The van der Waals surface area contributed by atoms with E-state index in [0.29, 0.717) is 32.6 Å². The highest BCUT2D eigenvalue weighted by Gasteiger charge is 2.14. The molecule has 4 aromatic rings. The molecule has 2 heterocycles. The van der Waals surface area contributed by atoms with Crippen LogP contribution >= 0.6 is 11.3 Å². The SMILES string of the molecule is CC(=O)Nc1nc(COC(=O)Cn2c3ccccc3c(=O)c3ccccc32)cs1. The van der Waals surface area contributed by atoms with Crippen LogP contribution in [0.2, 0.25) is 0 Å². The maximum Gasteiger partial charge on any atom is 0.326 e. The fraction of sp³-hybridized carbons (Fsp3) is 0.143. The number of fused-ring (bicyclic) bond motifs is 2. The standard InChI is InChI=1S/C21H17N3O4S/c1-13(25)22-21-23-14(12-29-21)11-28-19(26)10-24-17-8-4-2-6-15(17)20(27)16-7-3-5-9-18(16)24/h2-9,12H,10-11H2,1H3,(H,22,23,25). The summed E-state index contributed by atoms with van der Waals surface area (Å²) < 4.78 is 7.16. The van der Waals surface area contributed by atoms with Crippen molar-refractivity contribution in [2.24, 2.45) is 0 Å². The minimum Gasteiger partial charge on any atom is -0.458 e. The lowest BCUT2D eigenvalue weighted by Gasteiger charge is -2.14. The van der Waals surface area contributed by atoms with Crippen molar-refractivity contribution in [3.05, 3.63) is 69.8 Å². The van der Waals surface area contributed by atoms with Crippen LogP contribution in [-0.2, 0) is 27.5 Å². The molecule has 29 heavy (non-hydrogen) atoms. The molecule has 2 aromatic carbocycles. The minimum absolute atomic E-state index is 0.00494. The maximum absolute atomic E-state index is 12.7. The molecular formula is C21H17N3O4S. The number of ether oxygens (including phenoxy) is 1. The van der Waals surface area contributed by atoms with Gasteiger partial charge in [-0.1, -0.05) is 24.3 Å². The number of nitrogens with zero attached hydrogens (tertiary/aromatic N) is 2. The summed E-state index contributed by atoms with van der Waals surface area (Å²) in [5.41, 5.74) is 1.85. The lowest BCUT2D eigenvalue weighted by Crippen LogP contribution is -2.18. The summed E-state index contributed by atoms with van der Waals surface area (Å²) in [6, 6.07) is 14.4. The number of amides is 1. The first-order valence-corrected chi connectivity index (χ1v) is 9.79. The highest BCUT2D eigenvalue weighted by molar-refractivity contribution is 7.13. The predicted octanol–water partition coefficient (Wildman–Crippen LogP) is 3.31. The summed E-state index contributed by atoms with van der Waals surface area (Å²) in [6.07, 6.45) is 0. The van der Waals surface area contributed by atoms with Crippen LogP contribution in [0.1, 0.15) is 12.6 Å². The number of hydrogen-bond donors (Lipinski definition) is 1. The molecular weight excluding hydrogens is 390 g/mol. The predicted molar refractivity (Wildman–Crippen MR) is 112 cm³/mol. The van der Waals surface area contributed by atoms with E-state index in [1.807, 2.05) is 24.3 Å². The summed E-state index contributed by atoms with van der Waals surface area (Å²) in [4.78, 5) is 40.6. The first-order chi connectivity index (χ1) is 14.0. The van der Waals surface area contributed by atoms with E-state index in [1.54, 1.807) is 34.2 Å². The van der Waals surface area contributed by atoms with Crippen molar-refractivity contribution >= 4 is 50.2 Å². The lowest BCUT2D eigenvalue weighted by molar-refractivity contribution is -0.145. The van der Waals surface area contributed by atoms with Crippen LogP contribution in [0, 0.1) is 0 Å². The Morgan fingerprint density at radius 1 is 1.07 bits per heavy atom. The number of nitrogens with one attached hydrogen (secondary N) is 1. The van der Waals surface area contributed by atoms with E-state index in [1.165, 1.54) is 18.3 Å². The summed E-state index contributed by atoms with van der Waals surface area (Å²) in [5.74, 6) is -0.655. The van der Waals surface area contributed by atoms with Crippen molar-refractivity contribution in [2.45, 2.75) is 20.1 Å². The molecule has 4 rings (SSSR count). The largest absolute Gasteiger partial charge is 0.458 e. The van der Waals surface area contributed by atoms with Gasteiger partial charge in [-0.25, -0.2) is 4.98 Å². The van der Waals surface area contributed by atoms with Crippen LogP contribution in [0.25, 0.3) is 21.8 Å². The Balaban J connectivity index is 1.59. The van der Waals surface area contributed by atoms with E-state index >= 15 is 0 Å². The van der Waals surface area contributed by atoms with E-state index in [0.717, 1.165) is 0 Å². The Morgan fingerprint density at radius 3 is 2.31 bits per heavy atom. The molecule has 0 radical (unpaired) electrons. The quantitative estimate of drug-likeness (QED) is 0.405. The molecule has 0 aliphatic rings. The number of carbonyl (C=O) groups is 2. The number of benzene rings is 2. The lowest BCUT2D eigenvalue weighted by atomic mass is 10.1. The summed E-state index contributed by atoms with van der Waals surface area (Å²) in [5, 5.41) is 5.88. The molecule has 0 bridgehead atoms. The van der Waals surface area contributed by atoms with Gasteiger partial charge in [0.25, 0.3) is 0 Å². The van der Waals surface area contributed by atoms with Crippen molar-refractivity contribution in [1.82, 2.24) is 9.55 Å². The zero-order chi connectivity index (χ0) is 20.4.